The van der Waals surface area contributed by atoms with Crippen molar-refractivity contribution in [3.8, 4) is 0 Å². The van der Waals surface area contributed by atoms with E-state index in [2.05, 4.69) is 0 Å². The Morgan fingerprint density at radius 1 is 0.762 bits per heavy atom. The maximum Gasteiger partial charge on any atom is 0.104 e. The van der Waals surface area contributed by atoms with Crippen LogP contribution in [0.5, 0.6) is 0 Å². The second kappa shape index (κ2) is 5.23. The summed E-state index contributed by atoms with van der Waals surface area (Å²) in [5.41, 5.74) is 0. The van der Waals surface area contributed by atoms with Crippen LogP contribution in [0.25, 0.3) is 0 Å². The first kappa shape index (κ1) is 13.4. The van der Waals surface area contributed by atoms with Crippen molar-refractivity contribution < 1.29 is 9.47 Å². The van der Waals surface area contributed by atoms with Gasteiger partial charge in [-0.1, -0.05) is 19.3 Å². The largest absolute Gasteiger partial charge is 0.375 e. The third-order valence-corrected chi connectivity index (χ3v) is 7.68. The Labute approximate surface area is 129 Å². The summed E-state index contributed by atoms with van der Waals surface area (Å²) in [5.74, 6) is 6.32. The monoisotopic (exact) mass is 290 g/mol. The van der Waals surface area contributed by atoms with E-state index >= 15 is 0 Å². The summed E-state index contributed by atoms with van der Waals surface area (Å²) in [4.78, 5) is 0. The first-order valence-corrected chi connectivity index (χ1v) is 9.63. The standard InChI is InChI=1S/C19H30O2/c1-2-7-19(21-11-13-10-20-13)16(4-1)18-9-12-8-17(18)15-6-3-5-14(12)15/h12-19H,1-11H2. The molecule has 5 aliphatic rings. The van der Waals surface area contributed by atoms with Gasteiger partial charge >= 0.3 is 0 Å². The summed E-state index contributed by atoms with van der Waals surface area (Å²) in [6.07, 6.45) is 14.4. The predicted molar refractivity (Wildman–Crippen MR) is 82.0 cm³/mol. The van der Waals surface area contributed by atoms with Gasteiger partial charge in [0.25, 0.3) is 0 Å². The van der Waals surface area contributed by atoms with E-state index in [0.29, 0.717) is 12.2 Å². The average molecular weight is 290 g/mol. The summed E-state index contributed by atoms with van der Waals surface area (Å²) < 4.78 is 11.7. The molecule has 4 saturated carbocycles. The second-order valence-electron chi connectivity index (χ2n) is 8.59. The number of ether oxygens (including phenoxy) is 2. The molecule has 21 heavy (non-hydrogen) atoms. The molecule has 8 atom stereocenters. The van der Waals surface area contributed by atoms with Gasteiger partial charge < -0.3 is 9.47 Å². The Bertz CT molecular complexity index is 391. The minimum Gasteiger partial charge on any atom is -0.375 e. The van der Waals surface area contributed by atoms with Crippen LogP contribution in [-0.2, 0) is 9.47 Å². The first-order valence-electron chi connectivity index (χ1n) is 9.63. The Balaban J connectivity index is 1.29. The molecule has 5 rings (SSSR count). The molecular formula is C19H30O2. The van der Waals surface area contributed by atoms with Crippen molar-refractivity contribution in [1.82, 2.24) is 0 Å². The van der Waals surface area contributed by atoms with Crippen molar-refractivity contribution in [2.24, 2.45) is 35.5 Å². The highest BCUT2D eigenvalue weighted by Gasteiger charge is 2.56. The van der Waals surface area contributed by atoms with E-state index in [1.807, 2.05) is 0 Å². The maximum absolute atomic E-state index is 6.33. The first-order chi connectivity index (χ1) is 10.4. The number of epoxide rings is 1. The molecule has 2 bridgehead atoms. The van der Waals surface area contributed by atoms with Gasteiger partial charge in [-0.3, -0.25) is 0 Å². The van der Waals surface area contributed by atoms with Gasteiger partial charge in [-0.25, -0.2) is 0 Å². The van der Waals surface area contributed by atoms with Gasteiger partial charge in [-0.15, -0.1) is 0 Å². The zero-order valence-electron chi connectivity index (χ0n) is 13.2. The van der Waals surface area contributed by atoms with E-state index < -0.39 is 0 Å². The Kier molecular flexibility index (Phi) is 3.33. The van der Waals surface area contributed by atoms with Crippen molar-refractivity contribution in [2.75, 3.05) is 13.2 Å². The average Bonchev–Trinajstić information content (AvgIpc) is 2.95. The van der Waals surface area contributed by atoms with E-state index in [4.69, 9.17) is 9.47 Å². The molecule has 5 fully saturated rings. The highest BCUT2D eigenvalue weighted by molar-refractivity contribution is 5.05. The van der Waals surface area contributed by atoms with Crippen molar-refractivity contribution in [2.45, 2.75) is 70.0 Å². The molecule has 0 radical (unpaired) electrons. The number of hydrogen-bond acceptors (Lipinski definition) is 2. The normalized spacial score (nSPS) is 54.9. The van der Waals surface area contributed by atoms with Crippen LogP contribution in [0.1, 0.15) is 57.8 Å². The molecule has 118 valence electrons. The van der Waals surface area contributed by atoms with Crippen LogP contribution in [0, 0.1) is 35.5 Å². The Morgan fingerprint density at radius 3 is 2.33 bits per heavy atom. The second-order valence-corrected chi connectivity index (χ2v) is 8.59. The molecule has 0 aromatic carbocycles. The van der Waals surface area contributed by atoms with Gasteiger partial charge in [0.2, 0.25) is 0 Å². The number of fused-ring (bicyclic) bond motifs is 5. The quantitative estimate of drug-likeness (QED) is 0.729. The zero-order valence-corrected chi connectivity index (χ0v) is 13.2. The summed E-state index contributed by atoms with van der Waals surface area (Å²) >= 11 is 0. The Morgan fingerprint density at radius 2 is 1.48 bits per heavy atom. The molecule has 1 heterocycles. The maximum atomic E-state index is 6.33. The summed E-state index contributed by atoms with van der Waals surface area (Å²) in [6, 6.07) is 0. The van der Waals surface area contributed by atoms with Crippen LogP contribution in [-0.4, -0.2) is 25.4 Å². The molecule has 2 nitrogen and oxygen atoms in total. The lowest BCUT2D eigenvalue weighted by Crippen LogP contribution is -2.39. The predicted octanol–water partition coefficient (Wildman–Crippen LogP) is 4.03. The SMILES string of the molecule is C1CCC(C2CC3CC2C2CCCC32)C(OCC2CO2)C1. The van der Waals surface area contributed by atoms with Crippen LogP contribution < -0.4 is 0 Å². The van der Waals surface area contributed by atoms with Crippen LogP contribution in [0.4, 0.5) is 0 Å². The van der Waals surface area contributed by atoms with Crippen LogP contribution in [0.15, 0.2) is 0 Å². The van der Waals surface area contributed by atoms with E-state index in [-0.39, 0.29) is 0 Å². The minimum absolute atomic E-state index is 0.437. The fourth-order valence-electron chi connectivity index (χ4n) is 6.83. The smallest absolute Gasteiger partial charge is 0.104 e. The third-order valence-electron chi connectivity index (χ3n) is 7.68. The Hall–Kier alpha value is -0.0800. The highest BCUT2D eigenvalue weighted by Crippen LogP contribution is 2.63. The van der Waals surface area contributed by atoms with Crippen LogP contribution >= 0.6 is 0 Å². The summed E-state index contributed by atoms with van der Waals surface area (Å²) in [5, 5.41) is 0. The van der Waals surface area contributed by atoms with Gasteiger partial charge in [0.1, 0.15) is 6.10 Å². The molecule has 1 aliphatic heterocycles. The zero-order chi connectivity index (χ0) is 13.8. The molecule has 4 aliphatic carbocycles. The summed E-state index contributed by atoms with van der Waals surface area (Å²) in [6.45, 7) is 1.81. The fraction of sp³-hybridized carbons (Fsp3) is 1.00. The van der Waals surface area contributed by atoms with Crippen molar-refractivity contribution in [1.29, 1.82) is 0 Å². The summed E-state index contributed by atoms with van der Waals surface area (Å²) in [7, 11) is 0. The molecule has 8 unspecified atom stereocenters. The molecule has 0 aromatic rings. The van der Waals surface area contributed by atoms with Gasteiger partial charge in [-0.05, 0) is 74.0 Å². The lowest BCUT2D eigenvalue weighted by Gasteiger charge is -2.42. The molecule has 0 spiro atoms. The van der Waals surface area contributed by atoms with Gasteiger partial charge in [-0.2, -0.15) is 0 Å². The lowest BCUT2D eigenvalue weighted by atomic mass is 9.66. The number of hydrogen-bond donors (Lipinski definition) is 0. The van der Waals surface area contributed by atoms with Crippen molar-refractivity contribution in [3.05, 3.63) is 0 Å². The number of rotatable bonds is 4. The minimum atomic E-state index is 0.437. The molecule has 0 aromatic heterocycles. The van der Waals surface area contributed by atoms with E-state index in [9.17, 15) is 0 Å². The van der Waals surface area contributed by atoms with Crippen molar-refractivity contribution in [3.63, 3.8) is 0 Å². The van der Waals surface area contributed by atoms with Crippen LogP contribution in [0.2, 0.25) is 0 Å². The third kappa shape index (κ3) is 2.28. The molecular weight excluding hydrogens is 260 g/mol. The molecule has 0 N–H and O–H groups in total. The highest BCUT2D eigenvalue weighted by atomic mass is 16.6. The fourth-order valence-corrected chi connectivity index (χ4v) is 6.83. The molecule has 1 saturated heterocycles. The van der Waals surface area contributed by atoms with E-state index in [1.165, 1.54) is 32.1 Å². The molecule has 2 heteroatoms. The molecule has 0 amide bonds. The van der Waals surface area contributed by atoms with Gasteiger partial charge in [0, 0.05) is 0 Å². The van der Waals surface area contributed by atoms with Gasteiger partial charge in [0.15, 0.2) is 0 Å². The van der Waals surface area contributed by atoms with Crippen LogP contribution in [0.3, 0.4) is 0 Å². The lowest BCUT2D eigenvalue weighted by molar-refractivity contribution is -0.0515. The van der Waals surface area contributed by atoms with E-state index in [1.54, 1.807) is 25.7 Å². The topological polar surface area (TPSA) is 21.8 Å². The van der Waals surface area contributed by atoms with Crippen molar-refractivity contribution >= 4 is 0 Å². The van der Waals surface area contributed by atoms with Gasteiger partial charge in [0.05, 0.1) is 19.3 Å². The van der Waals surface area contributed by atoms with E-state index in [0.717, 1.165) is 48.7 Å².